The molecule has 0 aliphatic rings. The highest BCUT2D eigenvalue weighted by Gasteiger charge is 2.15. The lowest BCUT2D eigenvalue weighted by Crippen LogP contribution is -2.09. The molecule has 0 atom stereocenters. The van der Waals surface area contributed by atoms with Gasteiger partial charge in [-0.15, -0.1) is 0 Å². The maximum absolute atomic E-state index is 13.4. The van der Waals surface area contributed by atoms with Crippen LogP contribution in [0.15, 0.2) is 104 Å². The number of ether oxygens (including phenoxy) is 1. The quantitative estimate of drug-likeness (QED) is 0.219. The Morgan fingerprint density at radius 2 is 1.58 bits per heavy atom. The molecule has 4 heteroatoms. The predicted octanol–water partition coefficient (Wildman–Crippen LogP) is 8.53. The molecule has 0 radical (unpaired) electrons. The first-order chi connectivity index (χ1) is 18.4. The summed E-state index contributed by atoms with van der Waals surface area (Å²) in [4.78, 5) is 13.4. The Labute approximate surface area is 227 Å². The fourth-order valence-corrected chi connectivity index (χ4v) is 3.92. The highest BCUT2D eigenvalue weighted by molar-refractivity contribution is 6.08. The van der Waals surface area contributed by atoms with Crippen LogP contribution in [0, 0.1) is 6.92 Å². The number of rotatable bonds is 10. The van der Waals surface area contributed by atoms with Crippen LogP contribution in [0.2, 0.25) is 0 Å². The molecule has 196 valence electrons. The van der Waals surface area contributed by atoms with E-state index in [0.29, 0.717) is 23.6 Å². The molecule has 0 bridgehead atoms. The average Bonchev–Trinajstić information content (AvgIpc) is 3.30. The Bertz CT molecular complexity index is 1370. The number of nitrogens with zero attached hydrogens (tertiary/aromatic N) is 1. The van der Waals surface area contributed by atoms with E-state index in [1.54, 1.807) is 6.07 Å². The normalized spacial score (nSPS) is 10.5. The number of aryl methyl sites for hydroxylation is 1. The molecule has 0 saturated carbocycles. The van der Waals surface area contributed by atoms with Crippen LogP contribution < -0.4 is 10.1 Å². The number of benzene rings is 3. The lowest BCUT2D eigenvalue weighted by atomic mass is 10.1. The molecule has 4 rings (SSSR count). The Morgan fingerprint density at radius 3 is 2.32 bits per heavy atom. The zero-order chi connectivity index (χ0) is 27.3. The number of carbonyl (C=O) groups excluding carboxylic acids is 1. The van der Waals surface area contributed by atoms with Crippen LogP contribution in [0.5, 0.6) is 11.5 Å². The third kappa shape index (κ3) is 8.10. The van der Waals surface area contributed by atoms with Gasteiger partial charge in [-0.2, -0.15) is 0 Å². The molecular weight excluding hydrogens is 468 g/mol. The molecular formula is C34H38N2O2. The minimum absolute atomic E-state index is 0.0334. The van der Waals surface area contributed by atoms with Gasteiger partial charge in [-0.1, -0.05) is 87.5 Å². The van der Waals surface area contributed by atoms with Crippen LogP contribution in [0.3, 0.4) is 0 Å². The van der Waals surface area contributed by atoms with E-state index in [1.807, 2.05) is 84.4 Å². The van der Waals surface area contributed by atoms with Crippen LogP contribution in [0.25, 0.3) is 11.8 Å². The van der Waals surface area contributed by atoms with Crippen LogP contribution in [0.4, 0.5) is 0 Å². The van der Waals surface area contributed by atoms with Crippen molar-refractivity contribution >= 4 is 17.6 Å². The molecule has 3 aromatic carbocycles. The SMILES string of the molecule is C=C(NCC)c1cccc(/C=C/Cn2cc(C)cc2C(=O)c2cccc(Oc3ccccc3)c2)c1.CCC. The van der Waals surface area contributed by atoms with Crippen LogP contribution in [-0.4, -0.2) is 16.9 Å². The molecule has 0 unspecified atom stereocenters. The first-order valence-electron chi connectivity index (χ1n) is 13.2. The Balaban J connectivity index is 0.00000127. The van der Waals surface area contributed by atoms with E-state index in [9.17, 15) is 4.79 Å². The van der Waals surface area contributed by atoms with E-state index in [1.165, 1.54) is 6.42 Å². The molecule has 4 aromatic rings. The Morgan fingerprint density at radius 1 is 0.895 bits per heavy atom. The fourth-order valence-electron chi connectivity index (χ4n) is 3.92. The van der Waals surface area contributed by atoms with E-state index in [-0.39, 0.29) is 5.78 Å². The van der Waals surface area contributed by atoms with Gasteiger partial charge in [-0.3, -0.25) is 4.79 Å². The minimum Gasteiger partial charge on any atom is -0.457 e. The monoisotopic (exact) mass is 506 g/mol. The molecule has 1 N–H and O–H groups in total. The van der Waals surface area contributed by atoms with Gasteiger partial charge in [0.25, 0.3) is 0 Å². The van der Waals surface area contributed by atoms with Gasteiger partial charge in [0, 0.05) is 30.5 Å². The predicted molar refractivity (Wildman–Crippen MR) is 160 cm³/mol. The molecule has 0 aliphatic heterocycles. The standard InChI is InChI=1S/C31H30N2O2.C3H8/c1-4-32-24(3)26-13-8-11-25(20-26)12-10-18-33-22-23(2)19-30(33)31(34)27-14-9-17-29(21-27)35-28-15-6-5-7-16-28;1-3-2/h5-17,19-22,32H,3-4,18H2,1-2H3;3H2,1-2H3/b12-10+;. The summed E-state index contributed by atoms with van der Waals surface area (Å²) < 4.78 is 7.90. The van der Waals surface area contributed by atoms with Gasteiger partial charge in [0.15, 0.2) is 0 Å². The molecule has 0 aliphatic carbocycles. The third-order valence-electron chi connectivity index (χ3n) is 5.58. The molecule has 38 heavy (non-hydrogen) atoms. The zero-order valence-corrected chi connectivity index (χ0v) is 22.9. The number of para-hydroxylation sites is 1. The number of hydrogen-bond donors (Lipinski definition) is 1. The Hall–Kier alpha value is -4.31. The van der Waals surface area contributed by atoms with Crippen molar-refractivity contribution < 1.29 is 9.53 Å². The number of carbonyl (C=O) groups is 1. The zero-order valence-electron chi connectivity index (χ0n) is 22.9. The van der Waals surface area contributed by atoms with E-state index >= 15 is 0 Å². The van der Waals surface area contributed by atoms with Crippen molar-refractivity contribution in [1.29, 1.82) is 0 Å². The number of aromatic nitrogens is 1. The summed E-state index contributed by atoms with van der Waals surface area (Å²) in [7, 11) is 0. The summed E-state index contributed by atoms with van der Waals surface area (Å²) in [6, 6.07) is 27.0. The maximum atomic E-state index is 13.4. The second-order valence-corrected chi connectivity index (χ2v) is 9.07. The number of allylic oxidation sites excluding steroid dienone is 1. The van der Waals surface area contributed by atoms with Crippen LogP contribution in [-0.2, 0) is 6.54 Å². The first-order valence-corrected chi connectivity index (χ1v) is 13.2. The average molecular weight is 507 g/mol. The van der Waals surface area contributed by atoms with Gasteiger partial charge in [-0.05, 0) is 66.9 Å². The lowest BCUT2D eigenvalue weighted by Gasteiger charge is -2.09. The maximum Gasteiger partial charge on any atom is 0.209 e. The van der Waals surface area contributed by atoms with Gasteiger partial charge in [-0.25, -0.2) is 0 Å². The van der Waals surface area contributed by atoms with Crippen molar-refractivity contribution in [2.45, 2.75) is 40.7 Å². The topological polar surface area (TPSA) is 43.3 Å². The molecule has 1 heterocycles. The first kappa shape index (κ1) is 28.3. The largest absolute Gasteiger partial charge is 0.457 e. The molecule has 4 nitrogen and oxygen atoms in total. The minimum atomic E-state index is -0.0334. The second kappa shape index (κ2) is 14.4. The van der Waals surface area contributed by atoms with E-state index in [2.05, 4.69) is 57.0 Å². The molecule has 1 aromatic heterocycles. The van der Waals surface area contributed by atoms with Gasteiger partial charge in [0.05, 0.1) is 5.69 Å². The smallest absolute Gasteiger partial charge is 0.209 e. The summed E-state index contributed by atoms with van der Waals surface area (Å²) >= 11 is 0. The van der Waals surface area contributed by atoms with E-state index < -0.39 is 0 Å². The van der Waals surface area contributed by atoms with Crippen LogP contribution >= 0.6 is 0 Å². The van der Waals surface area contributed by atoms with Gasteiger partial charge in [0.2, 0.25) is 5.78 Å². The highest BCUT2D eigenvalue weighted by atomic mass is 16.5. The third-order valence-corrected chi connectivity index (χ3v) is 5.58. The number of hydrogen-bond acceptors (Lipinski definition) is 3. The summed E-state index contributed by atoms with van der Waals surface area (Å²) in [5.41, 5.74) is 5.36. The van der Waals surface area contributed by atoms with Crippen molar-refractivity contribution in [3.8, 4) is 11.5 Å². The van der Waals surface area contributed by atoms with Gasteiger partial charge >= 0.3 is 0 Å². The Kier molecular flexibility index (Phi) is 10.7. The molecule has 0 fully saturated rings. The van der Waals surface area contributed by atoms with Crippen molar-refractivity contribution in [2.24, 2.45) is 0 Å². The van der Waals surface area contributed by atoms with Crippen molar-refractivity contribution in [2.75, 3.05) is 6.54 Å². The summed E-state index contributed by atoms with van der Waals surface area (Å²) in [5, 5.41) is 3.26. The fraction of sp³-hybridized carbons (Fsp3) is 0.206. The summed E-state index contributed by atoms with van der Waals surface area (Å²) in [5.74, 6) is 1.34. The molecule has 0 spiro atoms. The van der Waals surface area contributed by atoms with Crippen molar-refractivity contribution in [3.63, 3.8) is 0 Å². The van der Waals surface area contributed by atoms with Crippen LogP contribution in [0.1, 0.15) is 59.9 Å². The van der Waals surface area contributed by atoms with Gasteiger partial charge < -0.3 is 14.6 Å². The number of ketones is 1. The highest BCUT2D eigenvalue weighted by Crippen LogP contribution is 2.24. The summed E-state index contributed by atoms with van der Waals surface area (Å²) in [6.45, 7) is 13.8. The lowest BCUT2D eigenvalue weighted by molar-refractivity contribution is 0.103. The summed E-state index contributed by atoms with van der Waals surface area (Å²) in [6.07, 6.45) is 7.40. The second-order valence-electron chi connectivity index (χ2n) is 9.07. The van der Waals surface area contributed by atoms with Crippen molar-refractivity contribution in [1.82, 2.24) is 9.88 Å². The van der Waals surface area contributed by atoms with Crippen molar-refractivity contribution in [3.05, 3.63) is 132 Å². The van der Waals surface area contributed by atoms with Gasteiger partial charge in [0.1, 0.15) is 11.5 Å². The molecule has 0 amide bonds. The van der Waals surface area contributed by atoms with E-state index in [4.69, 9.17) is 4.74 Å². The molecule has 0 saturated heterocycles. The van der Waals surface area contributed by atoms with E-state index in [0.717, 1.165) is 34.7 Å². The number of nitrogens with one attached hydrogen (secondary N) is 1.